The van der Waals surface area contributed by atoms with E-state index in [1.807, 2.05) is 21.0 Å². The van der Waals surface area contributed by atoms with Crippen molar-refractivity contribution in [2.24, 2.45) is 5.92 Å². The van der Waals surface area contributed by atoms with Crippen molar-refractivity contribution in [1.82, 2.24) is 5.32 Å². The van der Waals surface area contributed by atoms with Crippen LogP contribution in [0.25, 0.3) is 6.08 Å². The molecule has 2 aliphatic heterocycles. The second-order valence-corrected chi connectivity index (χ2v) is 8.73. The van der Waals surface area contributed by atoms with Gasteiger partial charge in [0.05, 0.1) is 5.92 Å². The Morgan fingerprint density at radius 3 is 2.46 bits per heavy atom. The van der Waals surface area contributed by atoms with Crippen LogP contribution in [-0.4, -0.2) is 32.2 Å². The smallest absolute Gasteiger partial charge is 0.226 e. The molecule has 2 heterocycles. The summed E-state index contributed by atoms with van der Waals surface area (Å²) in [5.41, 5.74) is 3.97. The predicted octanol–water partition coefficient (Wildman–Crippen LogP) is 4.03. The van der Waals surface area contributed by atoms with E-state index in [2.05, 4.69) is 89.6 Å². The Hall–Kier alpha value is -2.75. The number of para-hydroxylation sites is 1. The largest absolute Gasteiger partial charge is 0.378 e. The molecule has 0 unspecified atom stereocenters. The lowest BCUT2D eigenvalue weighted by molar-refractivity contribution is -0.128. The van der Waals surface area contributed by atoms with E-state index < -0.39 is 5.66 Å². The fourth-order valence-corrected chi connectivity index (χ4v) is 4.54. The summed E-state index contributed by atoms with van der Waals surface area (Å²) in [5.74, 6) is 0.0765. The van der Waals surface area contributed by atoms with Gasteiger partial charge < -0.3 is 15.1 Å². The molecule has 4 nitrogen and oxygen atoms in total. The van der Waals surface area contributed by atoms with Gasteiger partial charge in [-0.2, -0.15) is 0 Å². The zero-order chi connectivity index (χ0) is 20.1. The minimum atomic E-state index is -0.569. The van der Waals surface area contributed by atoms with Crippen LogP contribution in [0, 0.1) is 5.92 Å². The molecule has 1 fully saturated rings. The molecule has 0 aliphatic carbocycles. The summed E-state index contributed by atoms with van der Waals surface area (Å²) in [7, 11) is 4.08. The van der Waals surface area contributed by atoms with E-state index in [0.717, 1.165) is 12.1 Å². The number of amides is 1. The maximum atomic E-state index is 12.7. The summed E-state index contributed by atoms with van der Waals surface area (Å²) in [6.07, 6.45) is 4.32. The maximum absolute atomic E-state index is 12.7. The second kappa shape index (κ2) is 6.40. The average Bonchev–Trinajstić information content (AvgIpc) is 2.86. The third-order valence-corrected chi connectivity index (χ3v) is 6.39. The van der Waals surface area contributed by atoms with Gasteiger partial charge in [0.25, 0.3) is 0 Å². The van der Waals surface area contributed by atoms with Crippen LogP contribution >= 0.6 is 0 Å². The predicted molar refractivity (Wildman–Crippen MR) is 117 cm³/mol. The first-order chi connectivity index (χ1) is 13.3. The Kier molecular flexibility index (Phi) is 4.25. The maximum Gasteiger partial charge on any atom is 0.226 e. The van der Waals surface area contributed by atoms with Crippen molar-refractivity contribution in [2.45, 2.75) is 31.8 Å². The number of nitrogens with zero attached hydrogens (tertiary/aromatic N) is 2. The molecule has 0 radical (unpaired) electrons. The zero-order valence-electron chi connectivity index (χ0n) is 17.4. The van der Waals surface area contributed by atoms with E-state index in [4.69, 9.17) is 0 Å². The lowest BCUT2D eigenvalue weighted by Gasteiger charge is -2.50. The summed E-state index contributed by atoms with van der Waals surface area (Å²) < 4.78 is 0. The molecule has 1 amide bonds. The molecule has 1 N–H and O–H groups in total. The Morgan fingerprint density at radius 1 is 1.11 bits per heavy atom. The van der Waals surface area contributed by atoms with Crippen molar-refractivity contribution in [1.29, 1.82) is 0 Å². The molecule has 0 saturated carbocycles. The highest BCUT2D eigenvalue weighted by atomic mass is 16.2. The van der Waals surface area contributed by atoms with Crippen molar-refractivity contribution in [3.8, 4) is 0 Å². The van der Waals surface area contributed by atoms with Gasteiger partial charge in [0, 0.05) is 37.4 Å². The summed E-state index contributed by atoms with van der Waals surface area (Å²) >= 11 is 0. The highest BCUT2D eigenvalue weighted by molar-refractivity contribution is 5.86. The molecule has 2 aliphatic rings. The van der Waals surface area contributed by atoms with E-state index in [-0.39, 0.29) is 17.2 Å². The van der Waals surface area contributed by atoms with Crippen molar-refractivity contribution in [3.63, 3.8) is 0 Å². The first-order valence-corrected chi connectivity index (χ1v) is 9.92. The molecule has 4 heteroatoms. The number of hydrogen-bond donors (Lipinski definition) is 1. The third-order valence-electron chi connectivity index (χ3n) is 6.39. The number of rotatable bonds is 3. The monoisotopic (exact) mass is 375 g/mol. The van der Waals surface area contributed by atoms with Crippen molar-refractivity contribution < 1.29 is 4.79 Å². The number of hydrogen-bond acceptors (Lipinski definition) is 3. The summed E-state index contributed by atoms with van der Waals surface area (Å²) in [6, 6.07) is 17.0. The van der Waals surface area contributed by atoms with E-state index >= 15 is 0 Å². The Labute approximate surface area is 167 Å². The van der Waals surface area contributed by atoms with E-state index in [0.29, 0.717) is 0 Å². The summed E-state index contributed by atoms with van der Waals surface area (Å²) in [6.45, 7) is 7.16. The van der Waals surface area contributed by atoms with Crippen LogP contribution in [0.4, 0.5) is 11.4 Å². The van der Waals surface area contributed by atoms with Gasteiger partial charge in [-0.25, -0.2) is 0 Å². The topological polar surface area (TPSA) is 35.6 Å². The highest BCUT2D eigenvalue weighted by Gasteiger charge is 2.58. The standard InChI is InChI=1S/C24H29N3O/c1-17-16-27-21-9-7-6-8-20(21)23(2,3)24(27,25-22(17)28)15-14-18-10-12-19(13-11-18)26(4)5/h6-15,17H,16H2,1-5H3,(H,25,28)/b15-14+/t17-,24+/m1/s1. The van der Waals surface area contributed by atoms with Crippen LogP contribution in [0.1, 0.15) is 31.9 Å². The minimum absolute atomic E-state index is 0.0390. The van der Waals surface area contributed by atoms with E-state index in [9.17, 15) is 4.79 Å². The van der Waals surface area contributed by atoms with Gasteiger partial charge in [0.2, 0.25) is 5.91 Å². The lowest BCUT2D eigenvalue weighted by atomic mass is 9.74. The average molecular weight is 376 g/mol. The molecule has 0 aromatic heterocycles. The molecule has 1 saturated heterocycles. The van der Waals surface area contributed by atoms with Gasteiger partial charge in [-0.15, -0.1) is 0 Å². The second-order valence-electron chi connectivity index (χ2n) is 8.73. The Balaban J connectivity index is 1.78. The normalized spacial score (nSPS) is 25.4. The number of anilines is 2. The molecule has 2 aromatic rings. The molecule has 4 rings (SSSR count). The number of carbonyl (C=O) groups excluding carboxylic acids is 1. The molecule has 2 atom stereocenters. The highest BCUT2D eigenvalue weighted by Crippen LogP contribution is 2.52. The van der Waals surface area contributed by atoms with Gasteiger partial charge in [-0.05, 0) is 35.4 Å². The van der Waals surface area contributed by atoms with E-state index in [1.54, 1.807) is 0 Å². The molecule has 146 valence electrons. The number of fused-ring (bicyclic) bond motifs is 3. The van der Waals surface area contributed by atoms with Crippen LogP contribution < -0.4 is 15.1 Å². The van der Waals surface area contributed by atoms with Gasteiger partial charge >= 0.3 is 0 Å². The van der Waals surface area contributed by atoms with Crippen molar-refractivity contribution >= 4 is 23.4 Å². The first-order valence-electron chi connectivity index (χ1n) is 9.92. The molecular formula is C24H29N3O. The molecule has 2 aromatic carbocycles. The first kappa shape index (κ1) is 18.6. The van der Waals surface area contributed by atoms with Crippen molar-refractivity contribution in [3.05, 3.63) is 65.7 Å². The minimum Gasteiger partial charge on any atom is -0.378 e. The number of nitrogens with one attached hydrogen (secondary N) is 1. The number of carbonyl (C=O) groups is 1. The fourth-order valence-electron chi connectivity index (χ4n) is 4.54. The van der Waals surface area contributed by atoms with Gasteiger partial charge in [0.1, 0.15) is 5.66 Å². The van der Waals surface area contributed by atoms with Gasteiger partial charge in [-0.1, -0.05) is 57.2 Å². The molecule has 0 bridgehead atoms. The SMILES string of the molecule is C[C@@H]1CN2c3ccccc3C(C)(C)[C@@]2(/C=C/c2ccc(N(C)C)cc2)NC1=O. The van der Waals surface area contributed by atoms with E-state index in [1.165, 1.54) is 16.9 Å². The van der Waals surface area contributed by atoms with Crippen LogP contribution in [0.2, 0.25) is 0 Å². The van der Waals surface area contributed by atoms with Gasteiger partial charge in [-0.3, -0.25) is 4.79 Å². The quantitative estimate of drug-likeness (QED) is 0.880. The molecule has 0 spiro atoms. The Bertz CT molecular complexity index is 929. The van der Waals surface area contributed by atoms with Crippen LogP contribution in [0.5, 0.6) is 0 Å². The molecule has 28 heavy (non-hydrogen) atoms. The lowest BCUT2D eigenvalue weighted by Crippen LogP contribution is -2.70. The van der Waals surface area contributed by atoms with Crippen LogP contribution in [0.15, 0.2) is 54.6 Å². The van der Waals surface area contributed by atoms with Gasteiger partial charge in [0.15, 0.2) is 0 Å². The fraction of sp³-hybridized carbons (Fsp3) is 0.375. The van der Waals surface area contributed by atoms with Crippen molar-refractivity contribution in [2.75, 3.05) is 30.4 Å². The Morgan fingerprint density at radius 2 is 1.79 bits per heavy atom. The summed E-state index contributed by atoms with van der Waals surface area (Å²) in [4.78, 5) is 17.2. The summed E-state index contributed by atoms with van der Waals surface area (Å²) in [5, 5.41) is 3.37. The zero-order valence-corrected chi connectivity index (χ0v) is 17.4. The third kappa shape index (κ3) is 2.62. The van der Waals surface area contributed by atoms with Crippen LogP contribution in [-0.2, 0) is 10.2 Å². The molecular weight excluding hydrogens is 346 g/mol. The van der Waals surface area contributed by atoms with Crippen LogP contribution in [0.3, 0.4) is 0 Å². The number of benzene rings is 2.